The average Bonchev–Trinajstić information content (AvgIpc) is 2.81. The highest BCUT2D eigenvalue weighted by molar-refractivity contribution is 5.90. The van der Waals surface area contributed by atoms with E-state index in [1.54, 1.807) is 7.11 Å². The van der Waals surface area contributed by atoms with E-state index < -0.39 is 0 Å². The number of nitrogens with one attached hydrogen (secondary N) is 1. The first-order valence-corrected chi connectivity index (χ1v) is 10.7. The highest BCUT2D eigenvalue weighted by atomic mass is 16.5. The maximum atomic E-state index is 12.7. The Labute approximate surface area is 177 Å². The van der Waals surface area contributed by atoms with E-state index in [1.165, 1.54) is 19.3 Å². The van der Waals surface area contributed by atoms with Gasteiger partial charge in [0.1, 0.15) is 5.75 Å². The molecule has 0 spiro atoms. The molecule has 2 aliphatic rings. The Morgan fingerprint density at radius 2 is 1.53 bits per heavy atom. The third kappa shape index (κ3) is 4.58. The Morgan fingerprint density at radius 1 is 0.900 bits per heavy atom. The van der Waals surface area contributed by atoms with Crippen LogP contribution in [0.3, 0.4) is 0 Å². The van der Waals surface area contributed by atoms with E-state index in [-0.39, 0.29) is 6.03 Å². The lowest BCUT2D eigenvalue weighted by atomic mass is 10.1. The van der Waals surface area contributed by atoms with Crippen LogP contribution in [0.5, 0.6) is 5.75 Å². The van der Waals surface area contributed by atoms with Crippen LogP contribution in [0.2, 0.25) is 0 Å². The molecule has 1 N–H and O–H groups in total. The molecule has 0 unspecified atom stereocenters. The first-order valence-electron chi connectivity index (χ1n) is 10.7. The molecule has 0 atom stereocenters. The normalized spacial score (nSPS) is 17.1. The quantitative estimate of drug-likeness (QED) is 0.835. The summed E-state index contributed by atoms with van der Waals surface area (Å²) >= 11 is 0. The van der Waals surface area contributed by atoms with Gasteiger partial charge in [0, 0.05) is 45.0 Å². The number of anilines is 3. The zero-order valence-electron chi connectivity index (χ0n) is 17.8. The highest BCUT2D eigenvalue weighted by Crippen LogP contribution is 2.22. The second-order valence-corrected chi connectivity index (χ2v) is 7.88. The van der Waals surface area contributed by atoms with Gasteiger partial charge in [-0.05, 0) is 62.1 Å². The van der Waals surface area contributed by atoms with Crippen molar-refractivity contribution in [2.75, 3.05) is 61.5 Å². The molecule has 0 saturated carbocycles. The van der Waals surface area contributed by atoms with Gasteiger partial charge >= 0.3 is 6.03 Å². The number of urea groups is 1. The van der Waals surface area contributed by atoms with E-state index in [0.29, 0.717) is 13.1 Å². The van der Waals surface area contributed by atoms with Gasteiger partial charge in [-0.25, -0.2) is 4.79 Å². The third-order valence-electron chi connectivity index (χ3n) is 5.88. The number of ether oxygens (including phenoxy) is 1. The molecule has 0 radical (unpaired) electrons. The van der Waals surface area contributed by atoms with E-state index >= 15 is 0 Å². The summed E-state index contributed by atoms with van der Waals surface area (Å²) in [5.74, 6) is 2.62. The Kier molecular flexibility index (Phi) is 6.21. The molecule has 8 nitrogen and oxygen atoms in total. The van der Waals surface area contributed by atoms with Gasteiger partial charge in [-0.1, -0.05) is 0 Å². The van der Waals surface area contributed by atoms with Crippen LogP contribution < -0.4 is 19.9 Å². The number of amides is 2. The molecule has 8 heteroatoms. The fourth-order valence-electron chi connectivity index (χ4n) is 4.01. The van der Waals surface area contributed by atoms with Crippen LogP contribution in [0.25, 0.3) is 0 Å². The number of carbonyl (C=O) groups excluding carboxylic acids is 1. The molecule has 1 aromatic heterocycles. The first-order chi connectivity index (χ1) is 14.6. The van der Waals surface area contributed by atoms with Crippen molar-refractivity contribution in [3.8, 4) is 5.75 Å². The van der Waals surface area contributed by atoms with Crippen molar-refractivity contribution in [2.45, 2.75) is 26.2 Å². The zero-order chi connectivity index (χ0) is 20.9. The van der Waals surface area contributed by atoms with Gasteiger partial charge in [0.25, 0.3) is 0 Å². The molecule has 2 fully saturated rings. The Bertz CT molecular complexity index is 858. The average molecular weight is 411 g/mol. The fraction of sp³-hybridized carbons (Fsp3) is 0.500. The number of benzene rings is 1. The number of carbonyl (C=O) groups is 1. The summed E-state index contributed by atoms with van der Waals surface area (Å²) in [7, 11) is 1.64. The van der Waals surface area contributed by atoms with Crippen molar-refractivity contribution in [1.82, 2.24) is 15.1 Å². The molecule has 2 amide bonds. The maximum Gasteiger partial charge on any atom is 0.321 e. The monoisotopic (exact) mass is 410 g/mol. The van der Waals surface area contributed by atoms with Gasteiger partial charge in [-0.15, -0.1) is 10.2 Å². The first kappa shape index (κ1) is 20.3. The van der Waals surface area contributed by atoms with E-state index in [4.69, 9.17) is 4.74 Å². The molecular formula is C22H30N6O2. The van der Waals surface area contributed by atoms with E-state index in [2.05, 4.69) is 31.4 Å². The second kappa shape index (κ2) is 9.19. The number of piperidine rings is 1. The molecule has 0 bridgehead atoms. The topological polar surface area (TPSA) is 73.8 Å². The maximum absolute atomic E-state index is 12.7. The van der Waals surface area contributed by atoms with Gasteiger partial charge in [0.05, 0.1) is 7.11 Å². The van der Waals surface area contributed by atoms with Crippen molar-refractivity contribution in [2.24, 2.45) is 0 Å². The summed E-state index contributed by atoms with van der Waals surface area (Å²) < 4.78 is 5.22. The second-order valence-electron chi connectivity index (χ2n) is 7.88. The van der Waals surface area contributed by atoms with Crippen LogP contribution >= 0.6 is 0 Å². The Morgan fingerprint density at radius 3 is 2.10 bits per heavy atom. The summed E-state index contributed by atoms with van der Waals surface area (Å²) in [6, 6.07) is 9.69. The minimum Gasteiger partial charge on any atom is -0.497 e. The number of rotatable bonds is 4. The van der Waals surface area contributed by atoms with Crippen LogP contribution in [-0.4, -0.2) is 67.5 Å². The predicted molar refractivity (Wildman–Crippen MR) is 119 cm³/mol. The van der Waals surface area contributed by atoms with Crippen LogP contribution in [0, 0.1) is 6.92 Å². The van der Waals surface area contributed by atoms with Crippen molar-refractivity contribution >= 4 is 23.4 Å². The molecule has 0 aliphatic carbocycles. The van der Waals surface area contributed by atoms with Gasteiger partial charge in [0.15, 0.2) is 11.6 Å². The van der Waals surface area contributed by atoms with Crippen molar-refractivity contribution < 1.29 is 9.53 Å². The minimum absolute atomic E-state index is 0.0746. The number of nitrogens with zero attached hydrogens (tertiary/aromatic N) is 5. The smallest absolute Gasteiger partial charge is 0.321 e. The predicted octanol–water partition coefficient (Wildman–Crippen LogP) is 3.14. The van der Waals surface area contributed by atoms with Crippen molar-refractivity contribution in [3.05, 3.63) is 35.9 Å². The van der Waals surface area contributed by atoms with E-state index in [9.17, 15) is 4.79 Å². The summed E-state index contributed by atoms with van der Waals surface area (Å²) in [5, 5.41) is 11.9. The van der Waals surface area contributed by atoms with Gasteiger partial charge in [-0.3, -0.25) is 0 Å². The minimum atomic E-state index is -0.0746. The van der Waals surface area contributed by atoms with Crippen LogP contribution in [-0.2, 0) is 0 Å². The number of hydrogen-bond donors (Lipinski definition) is 1. The fourth-order valence-corrected chi connectivity index (χ4v) is 4.01. The lowest BCUT2D eigenvalue weighted by molar-refractivity contribution is 0.208. The number of aromatic nitrogens is 2. The third-order valence-corrected chi connectivity index (χ3v) is 5.88. The van der Waals surface area contributed by atoms with Gasteiger partial charge < -0.3 is 24.8 Å². The van der Waals surface area contributed by atoms with Gasteiger partial charge in [0.2, 0.25) is 0 Å². The van der Waals surface area contributed by atoms with Crippen molar-refractivity contribution in [3.63, 3.8) is 0 Å². The van der Waals surface area contributed by atoms with Gasteiger partial charge in [-0.2, -0.15) is 0 Å². The Balaban J connectivity index is 1.30. The molecule has 4 rings (SSSR count). The summed E-state index contributed by atoms with van der Waals surface area (Å²) in [5.41, 5.74) is 1.79. The molecule has 30 heavy (non-hydrogen) atoms. The molecular weight excluding hydrogens is 380 g/mol. The van der Waals surface area contributed by atoms with Crippen LogP contribution in [0.15, 0.2) is 30.3 Å². The molecule has 1 aromatic carbocycles. The van der Waals surface area contributed by atoms with E-state index in [1.807, 2.05) is 36.1 Å². The van der Waals surface area contributed by atoms with E-state index in [0.717, 1.165) is 54.8 Å². The number of aryl methyl sites for hydroxylation is 1. The van der Waals surface area contributed by atoms with Crippen LogP contribution in [0.4, 0.5) is 22.1 Å². The number of piperazine rings is 1. The lowest BCUT2D eigenvalue weighted by Crippen LogP contribution is -2.50. The number of methoxy groups -OCH3 is 1. The largest absolute Gasteiger partial charge is 0.497 e. The molecule has 160 valence electrons. The lowest BCUT2D eigenvalue weighted by Gasteiger charge is -2.35. The molecule has 2 saturated heterocycles. The Hall–Kier alpha value is -3.03. The van der Waals surface area contributed by atoms with Crippen molar-refractivity contribution in [1.29, 1.82) is 0 Å². The standard InChI is InChI=1S/C22H30N6O2/c1-17-16-18(30-2)6-7-19(17)23-22(29)28-14-12-27(13-15-28)21-9-8-20(24-25-21)26-10-4-3-5-11-26/h6-9,16H,3-5,10-15H2,1-2H3,(H,23,29). The summed E-state index contributed by atoms with van der Waals surface area (Å²) in [4.78, 5) is 19.0. The molecule has 2 aromatic rings. The van der Waals surface area contributed by atoms with Crippen LogP contribution in [0.1, 0.15) is 24.8 Å². The number of hydrogen-bond acceptors (Lipinski definition) is 6. The summed E-state index contributed by atoms with van der Waals surface area (Å²) in [6.07, 6.45) is 3.75. The summed E-state index contributed by atoms with van der Waals surface area (Å²) in [6.45, 7) is 6.87. The molecule has 3 heterocycles. The zero-order valence-corrected chi connectivity index (χ0v) is 17.8. The highest BCUT2D eigenvalue weighted by Gasteiger charge is 2.23. The molecule has 2 aliphatic heterocycles. The SMILES string of the molecule is COc1ccc(NC(=O)N2CCN(c3ccc(N4CCCCC4)nn3)CC2)c(C)c1.